The number of rotatable bonds is 3. The standard InChI is InChI=1S/C18H17N5O3.C3H4N2O.C2H2/c1-11(24)2-3-12-4-5-14-15(8-12)23(16-6-7-20-17(19)22-16)18(21-14)26-13-9-25-10-13;1-3-4-2-5-6-3;1-2/h4-8,11,13,24H,9-10H2,1H3,(H2,19,20,22);2H,1H3;1-2H/t11-;;/m1../s1. The van der Waals surface area contributed by atoms with E-state index < -0.39 is 6.10 Å². The van der Waals surface area contributed by atoms with Gasteiger partial charge in [0.15, 0.2) is 6.33 Å². The van der Waals surface area contributed by atoms with E-state index in [9.17, 15) is 5.11 Å². The van der Waals surface area contributed by atoms with Gasteiger partial charge in [0, 0.05) is 24.8 Å². The monoisotopic (exact) mass is 461 g/mol. The van der Waals surface area contributed by atoms with Crippen molar-refractivity contribution in [2.24, 2.45) is 0 Å². The number of nitrogens with zero attached hydrogens (tertiary/aromatic N) is 6. The molecule has 0 spiro atoms. The number of ether oxygens (including phenoxy) is 2. The minimum atomic E-state index is -0.699. The molecule has 1 aromatic carbocycles. The summed E-state index contributed by atoms with van der Waals surface area (Å²) in [5, 5.41) is 12.7. The van der Waals surface area contributed by atoms with Crippen molar-refractivity contribution < 1.29 is 19.1 Å². The Bertz CT molecular complexity index is 1300. The summed E-state index contributed by atoms with van der Waals surface area (Å²) < 4.78 is 17.4. The Morgan fingerprint density at radius 1 is 1.24 bits per heavy atom. The molecule has 11 nitrogen and oxygen atoms in total. The fourth-order valence-corrected chi connectivity index (χ4v) is 2.77. The predicted octanol–water partition coefficient (Wildman–Crippen LogP) is 1.54. The van der Waals surface area contributed by atoms with Gasteiger partial charge >= 0.3 is 6.01 Å². The van der Waals surface area contributed by atoms with Gasteiger partial charge in [0.25, 0.3) is 0 Å². The number of fused-ring (bicyclic) bond motifs is 1. The van der Waals surface area contributed by atoms with Crippen LogP contribution in [0.3, 0.4) is 0 Å². The molecule has 11 heteroatoms. The number of terminal acetylenes is 1. The Kier molecular flexibility index (Phi) is 8.13. The number of nitrogen functional groups attached to an aromatic ring is 1. The van der Waals surface area contributed by atoms with Gasteiger partial charge < -0.3 is 24.8 Å². The van der Waals surface area contributed by atoms with Crippen LogP contribution in [0.15, 0.2) is 41.3 Å². The molecule has 0 radical (unpaired) electrons. The Hall–Kier alpha value is -4.45. The lowest BCUT2D eigenvalue weighted by atomic mass is 10.2. The average Bonchev–Trinajstić information content (AvgIpc) is 3.42. The fraction of sp³-hybridized carbons (Fsp3) is 0.261. The molecule has 1 fully saturated rings. The van der Waals surface area contributed by atoms with Gasteiger partial charge in [-0.1, -0.05) is 17.0 Å². The highest BCUT2D eigenvalue weighted by Crippen LogP contribution is 2.27. The van der Waals surface area contributed by atoms with Gasteiger partial charge in [0.1, 0.15) is 18.0 Å². The molecule has 1 saturated heterocycles. The van der Waals surface area contributed by atoms with E-state index in [2.05, 4.69) is 54.3 Å². The van der Waals surface area contributed by atoms with E-state index in [1.54, 1.807) is 30.7 Å². The molecular weight excluding hydrogens is 438 g/mol. The number of hydrogen-bond donors (Lipinski definition) is 2. The van der Waals surface area contributed by atoms with Gasteiger partial charge in [-0.25, -0.2) is 9.55 Å². The molecule has 0 unspecified atom stereocenters. The normalized spacial score (nSPS) is 13.2. The second-order valence-corrected chi connectivity index (χ2v) is 6.89. The highest BCUT2D eigenvalue weighted by molar-refractivity contribution is 5.80. The van der Waals surface area contributed by atoms with Gasteiger partial charge in [-0.3, -0.25) is 0 Å². The van der Waals surface area contributed by atoms with E-state index in [-0.39, 0.29) is 12.1 Å². The number of hydrogen-bond acceptors (Lipinski definition) is 10. The summed E-state index contributed by atoms with van der Waals surface area (Å²) in [6.07, 6.45) is 10.2. The Balaban J connectivity index is 0.000000348. The topological polar surface area (TPSA) is 147 Å². The van der Waals surface area contributed by atoms with E-state index in [0.29, 0.717) is 30.9 Å². The van der Waals surface area contributed by atoms with Gasteiger partial charge in [0.2, 0.25) is 11.8 Å². The summed E-state index contributed by atoms with van der Waals surface area (Å²) >= 11 is 0. The van der Waals surface area contributed by atoms with Crippen molar-refractivity contribution in [3.8, 4) is 36.5 Å². The summed E-state index contributed by atoms with van der Waals surface area (Å²) in [5.74, 6) is 6.99. The van der Waals surface area contributed by atoms with Crippen molar-refractivity contribution in [2.75, 3.05) is 18.9 Å². The average molecular weight is 461 g/mol. The molecular formula is C23H23N7O4. The maximum atomic E-state index is 9.37. The molecule has 3 N–H and O–H groups in total. The van der Waals surface area contributed by atoms with Crippen LogP contribution < -0.4 is 10.5 Å². The third-order valence-corrected chi connectivity index (χ3v) is 4.29. The fourth-order valence-electron chi connectivity index (χ4n) is 2.77. The first-order chi connectivity index (χ1) is 16.5. The Labute approximate surface area is 196 Å². The zero-order chi connectivity index (χ0) is 24.5. The second-order valence-electron chi connectivity index (χ2n) is 6.89. The predicted molar refractivity (Wildman–Crippen MR) is 124 cm³/mol. The number of benzene rings is 1. The summed E-state index contributed by atoms with van der Waals surface area (Å²) in [7, 11) is 0. The van der Waals surface area contributed by atoms with Crippen molar-refractivity contribution in [1.29, 1.82) is 0 Å². The van der Waals surface area contributed by atoms with Gasteiger partial charge in [0.05, 0.1) is 24.2 Å². The molecule has 1 aliphatic rings. The van der Waals surface area contributed by atoms with Crippen LogP contribution in [0.4, 0.5) is 5.95 Å². The molecule has 3 aromatic heterocycles. The summed E-state index contributed by atoms with van der Waals surface area (Å²) in [4.78, 5) is 16.4. The number of anilines is 1. The van der Waals surface area contributed by atoms with Crippen LogP contribution in [-0.2, 0) is 4.74 Å². The minimum Gasteiger partial charge on any atom is -0.456 e. The van der Waals surface area contributed by atoms with E-state index >= 15 is 0 Å². The zero-order valence-electron chi connectivity index (χ0n) is 18.6. The maximum absolute atomic E-state index is 9.37. The van der Waals surface area contributed by atoms with Crippen LogP contribution in [0.25, 0.3) is 16.9 Å². The van der Waals surface area contributed by atoms with E-state index in [1.165, 1.54) is 6.33 Å². The lowest BCUT2D eigenvalue weighted by Crippen LogP contribution is -2.39. The van der Waals surface area contributed by atoms with Crippen LogP contribution in [-0.4, -0.2) is 60.2 Å². The number of aromatic nitrogens is 6. The molecule has 4 heterocycles. The van der Waals surface area contributed by atoms with Crippen molar-refractivity contribution in [3.63, 3.8) is 0 Å². The molecule has 0 saturated carbocycles. The van der Waals surface area contributed by atoms with Crippen molar-refractivity contribution >= 4 is 17.0 Å². The molecule has 0 amide bonds. The van der Waals surface area contributed by atoms with E-state index in [4.69, 9.17) is 15.2 Å². The molecule has 5 rings (SSSR count). The van der Waals surface area contributed by atoms with E-state index in [1.807, 2.05) is 18.2 Å². The lowest BCUT2D eigenvalue weighted by molar-refractivity contribution is -0.0835. The van der Waals surface area contributed by atoms with Crippen LogP contribution in [0, 0.1) is 31.6 Å². The summed E-state index contributed by atoms with van der Waals surface area (Å²) in [6.45, 7) is 4.42. The first kappa shape index (κ1) is 24.2. The number of aliphatic hydroxyl groups is 1. The molecule has 4 aromatic rings. The van der Waals surface area contributed by atoms with E-state index in [0.717, 1.165) is 16.6 Å². The highest BCUT2D eigenvalue weighted by Gasteiger charge is 2.24. The number of nitrogens with two attached hydrogens (primary N) is 1. The minimum absolute atomic E-state index is 0.0424. The molecule has 0 bridgehead atoms. The number of aryl methyl sites for hydroxylation is 1. The lowest BCUT2D eigenvalue weighted by Gasteiger charge is -2.26. The van der Waals surface area contributed by atoms with Crippen LogP contribution in [0.2, 0.25) is 0 Å². The molecule has 0 aliphatic carbocycles. The SMILES string of the molecule is C#C.C[C@@H](O)C#Cc1ccc2nc(OC3COC3)n(-c3ccnc(N)n3)c2c1.Cc1ncno1. The number of imidazole rings is 1. The highest BCUT2D eigenvalue weighted by atomic mass is 16.6. The smallest absolute Gasteiger partial charge is 0.303 e. The van der Waals surface area contributed by atoms with Crippen molar-refractivity contribution in [3.05, 3.63) is 48.2 Å². The van der Waals surface area contributed by atoms with Crippen molar-refractivity contribution in [1.82, 2.24) is 29.7 Å². The first-order valence-corrected chi connectivity index (χ1v) is 10.1. The summed E-state index contributed by atoms with van der Waals surface area (Å²) in [6, 6.07) is 7.72. The largest absolute Gasteiger partial charge is 0.456 e. The quantitative estimate of drug-likeness (QED) is 0.430. The molecule has 1 atom stereocenters. The van der Waals surface area contributed by atoms with Crippen molar-refractivity contribution in [2.45, 2.75) is 26.1 Å². The second kappa shape index (κ2) is 11.4. The van der Waals surface area contributed by atoms with Crippen LogP contribution in [0.1, 0.15) is 18.4 Å². The zero-order valence-corrected chi connectivity index (χ0v) is 18.6. The maximum Gasteiger partial charge on any atom is 0.303 e. The van der Waals surface area contributed by atoms with Crippen LogP contribution in [0.5, 0.6) is 6.01 Å². The van der Waals surface area contributed by atoms with Gasteiger partial charge in [-0.2, -0.15) is 15.0 Å². The summed E-state index contributed by atoms with van der Waals surface area (Å²) in [5.41, 5.74) is 8.00. The Morgan fingerprint density at radius 3 is 2.59 bits per heavy atom. The Morgan fingerprint density at radius 2 is 2.03 bits per heavy atom. The van der Waals surface area contributed by atoms with Crippen LogP contribution >= 0.6 is 0 Å². The number of aliphatic hydroxyl groups excluding tert-OH is 1. The third-order valence-electron chi connectivity index (χ3n) is 4.29. The molecule has 34 heavy (non-hydrogen) atoms. The third kappa shape index (κ3) is 6.07. The first-order valence-electron chi connectivity index (χ1n) is 10.1. The molecule has 1 aliphatic heterocycles. The molecule has 174 valence electrons. The van der Waals surface area contributed by atoms with Gasteiger partial charge in [-0.15, -0.1) is 12.8 Å². The van der Waals surface area contributed by atoms with Gasteiger partial charge in [-0.05, 0) is 25.1 Å².